The average molecular weight is 285 g/mol. The highest BCUT2D eigenvalue weighted by Gasteiger charge is 2.11. The lowest BCUT2D eigenvalue weighted by Gasteiger charge is -2.11. The summed E-state index contributed by atoms with van der Waals surface area (Å²) in [5, 5.41) is 3.28. The minimum absolute atomic E-state index is 0.326. The first-order valence-corrected chi connectivity index (χ1v) is 6.81. The predicted octanol–water partition coefficient (Wildman–Crippen LogP) is 2.76. The number of nitrogen functional groups attached to an aromatic ring is 1. The van der Waals surface area contributed by atoms with E-state index in [9.17, 15) is 4.79 Å². The molecule has 0 saturated carbocycles. The number of nitrogens with two attached hydrogens (primary N) is 1. The van der Waals surface area contributed by atoms with Crippen molar-refractivity contribution in [2.75, 3.05) is 17.7 Å². The van der Waals surface area contributed by atoms with E-state index < -0.39 is 5.97 Å². The summed E-state index contributed by atoms with van der Waals surface area (Å²) in [5.74, 6) is -0.404. The fourth-order valence-electron chi connectivity index (χ4n) is 1.95. The number of esters is 1. The topological polar surface area (TPSA) is 77.2 Å². The molecule has 3 N–H and O–H groups in total. The molecule has 5 nitrogen and oxygen atoms in total. The summed E-state index contributed by atoms with van der Waals surface area (Å²) in [4.78, 5) is 15.9. The number of hydrogen-bond acceptors (Lipinski definition) is 5. The highest BCUT2D eigenvalue weighted by Crippen LogP contribution is 2.20. The second kappa shape index (κ2) is 6.74. The Morgan fingerprint density at radius 3 is 2.90 bits per heavy atom. The van der Waals surface area contributed by atoms with Crippen molar-refractivity contribution in [2.45, 2.75) is 20.4 Å². The highest BCUT2D eigenvalue weighted by molar-refractivity contribution is 5.96. The number of nitrogens with one attached hydrogen (secondary N) is 1. The fourth-order valence-corrected chi connectivity index (χ4v) is 1.95. The van der Waals surface area contributed by atoms with Crippen LogP contribution in [0.15, 0.2) is 36.7 Å². The van der Waals surface area contributed by atoms with Gasteiger partial charge in [0.25, 0.3) is 0 Å². The monoisotopic (exact) mass is 285 g/mol. The molecule has 1 aromatic heterocycles. The Bertz CT molecular complexity index is 641. The van der Waals surface area contributed by atoms with Gasteiger partial charge in [-0.3, -0.25) is 4.98 Å². The number of ether oxygens (including phenoxy) is 1. The Kier molecular flexibility index (Phi) is 4.77. The van der Waals surface area contributed by atoms with Crippen LogP contribution in [0.5, 0.6) is 0 Å². The van der Waals surface area contributed by atoms with Gasteiger partial charge in [0.1, 0.15) is 0 Å². The molecule has 0 saturated heterocycles. The van der Waals surface area contributed by atoms with E-state index in [-0.39, 0.29) is 0 Å². The maximum absolute atomic E-state index is 11.8. The van der Waals surface area contributed by atoms with Crippen LogP contribution in [0, 0.1) is 6.92 Å². The van der Waals surface area contributed by atoms with Gasteiger partial charge >= 0.3 is 5.97 Å². The molecule has 0 spiro atoms. The molecule has 0 amide bonds. The van der Waals surface area contributed by atoms with Crippen molar-refractivity contribution in [1.29, 1.82) is 0 Å². The molecule has 0 radical (unpaired) electrons. The number of aromatic nitrogens is 1. The molecule has 21 heavy (non-hydrogen) atoms. The number of hydrogen-bond donors (Lipinski definition) is 2. The number of nitrogens with zero attached hydrogens (tertiary/aromatic N) is 1. The zero-order chi connectivity index (χ0) is 15.2. The van der Waals surface area contributed by atoms with Gasteiger partial charge in [-0.25, -0.2) is 4.79 Å². The van der Waals surface area contributed by atoms with Gasteiger partial charge in [-0.1, -0.05) is 0 Å². The van der Waals surface area contributed by atoms with Gasteiger partial charge in [-0.15, -0.1) is 0 Å². The normalized spacial score (nSPS) is 10.2. The van der Waals surface area contributed by atoms with Gasteiger partial charge in [0.05, 0.1) is 12.2 Å². The molecule has 0 aliphatic heterocycles. The van der Waals surface area contributed by atoms with E-state index >= 15 is 0 Å². The van der Waals surface area contributed by atoms with Gasteiger partial charge in [0.2, 0.25) is 0 Å². The van der Waals surface area contributed by atoms with E-state index in [4.69, 9.17) is 10.5 Å². The summed E-state index contributed by atoms with van der Waals surface area (Å²) in [6, 6.07) is 7.22. The highest BCUT2D eigenvalue weighted by atomic mass is 16.5. The van der Waals surface area contributed by atoms with E-state index in [1.165, 1.54) is 0 Å². The first-order valence-electron chi connectivity index (χ1n) is 6.81. The smallest absolute Gasteiger partial charge is 0.340 e. The summed E-state index contributed by atoms with van der Waals surface area (Å²) in [6.45, 7) is 4.76. The minimum atomic E-state index is -0.404. The first kappa shape index (κ1) is 14.8. The van der Waals surface area contributed by atoms with Crippen molar-refractivity contribution in [3.05, 3.63) is 53.3 Å². The Morgan fingerprint density at radius 2 is 2.19 bits per heavy atom. The molecule has 2 aromatic rings. The molecular formula is C16H19N3O2. The molecule has 5 heteroatoms. The SMILES string of the molecule is CCOC(=O)c1cc(NCc2ccncc2C)ccc1N. The zero-order valence-corrected chi connectivity index (χ0v) is 12.2. The van der Waals surface area contributed by atoms with Crippen molar-refractivity contribution in [3.63, 3.8) is 0 Å². The summed E-state index contributed by atoms with van der Waals surface area (Å²) in [5.41, 5.74) is 9.71. The number of anilines is 2. The van der Waals surface area contributed by atoms with E-state index in [1.54, 1.807) is 25.3 Å². The molecule has 0 unspecified atom stereocenters. The van der Waals surface area contributed by atoms with Crippen LogP contribution in [0.2, 0.25) is 0 Å². The van der Waals surface area contributed by atoms with Crippen LogP contribution in [0.1, 0.15) is 28.4 Å². The van der Waals surface area contributed by atoms with Crippen LogP contribution < -0.4 is 11.1 Å². The Morgan fingerprint density at radius 1 is 1.38 bits per heavy atom. The second-order valence-corrected chi connectivity index (χ2v) is 4.68. The van der Waals surface area contributed by atoms with Gasteiger partial charge in [0.15, 0.2) is 0 Å². The van der Waals surface area contributed by atoms with Gasteiger partial charge in [-0.2, -0.15) is 0 Å². The molecule has 1 heterocycles. The fraction of sp³-hybridized carbons (Fsp3) is 0.250. The third-order valence-electron chi connectivity index (χ3n) is 3.17. The van der Waals surface area contributed by atoms with Gasteiger partial charge in [0, 0.05) is 30.3 Å². The third-order valence-corrected chi connectivity index (χ3v) is 3.17. The van der Waals surface area contributed by atoms with E-state index in [1.807, 2.05) is 25.3 Å². The zero-order valence-electron chi connectivity index (χ0n) is 12.2. The molecule has 0 atom stereocenters. The molecule has 0 aliphatic rings. The Hall–Kier alpha value is -2.56. The maximum Gasteiger partial charge on any atom is 0.340 e. The van der Waals surface area contributed by atoms with E-state index in [0.717, 1.165) is 16.8 Å². The third kappa shape index (κ3) is 3.72. The molecular weight excluding hydrogens is 266 g/mol. The van der Waals surface area contributed by atoms with Crippen molar-refractivity contribution in [2.24, 2.45) is 0 Å². The molecule has 1 aromatic carbocycles. The summed E-state index contributed by atoms with van der Waals surface area (Å²) in [6.07, 6.45) is 3.58. The molecule has 0 fully saturated rings. The predicted molar refractivity (Wildman–Crippen MR) is 83.1 cm³/mol. The molecule has 0 bridgehead atoms. The second-order valence-electron chi connectivity index (χ2n) is 4.68. The number of carbonyl (C=O) groups excluding carboxylic acids is 1. The van der Waals surface area contributed by atoms with Gasteiger partial charge < -0.3 is 15.8 Å². The van der Waals surface area contributed by atoms with E-state index in [0.29, 0.717) is 24.4 Å². The number of rotatable bonds is 5. The molecule has 2 rings (SSSR count). The van der Waals surface area contributed by atoms with Crippen LogP contribution in [0.4, 0.5) is 11.4 Å². The first-order chi connectivity index (χ1) is 10.1. The lowest BCUT2D eigenvalue weighted by Crippen LogP contribution is -2.09. The summed E-state index contributed by atoms with van der Waals surface area (Å²) >= 11 is 0. The number of benzene rings is 1. The van der Waals surface area contributed by atoms with Crippen LogP contribution in [0.3, 0.4) is 0 Å². The number of aryl methyl sites for hydroxylation is 1. The molecule has 0 aliphatic carbocycles. The minimum Gasteiger partial charge on any atom is -0.462 e. The lowest BCUT2D eigenvalue weighted by atomic mass is 10.1. The maximum atomic E-state index is 11.8. The quantitative estimate of drug-likeness (QED) is 0.652. The summed E-state index contributed by atoms with van der Waals surface area (Å²) < 4.78 is 4.99. The van der Waals surface area contributed by atoms with Crippen molar-refractivity contribution < 1.29 is 9.53 Å². The van der Waals surface area contributed by atoms with Crippen molar-refractivity contribution >= 4 is 17.3 Å². The van der Waals surface area contributed by atoms with Crippen LogP contribution >= 0.6 is 0 Å². The number of carbonyl (C=O) groups is 1. The standard InChI is InChI=1S/C16H19N3O2/c1-3-21-16(20)14-8-13(4-5-15(14)17)19-10-12-6-7-18-9-11(12)2/h4-9,19H,3,10,17H2,1-2H3. The largest absolute Gasteiger partial charge is 0.462 e. The number of pyridine rings is 1. The van der Waals surface area contributed by atoms with Crippen molar-refractivity contribution in [1.82, 2.24) is 4.98 Å². The van der Waals surface area contributed by atoms with Crippen molar-refractivity contribution in [3.8, 4) is 0 Å². The average Bonchev–Trinajstić information content (AvgIpc) is 2.48. The lowest BCUT2D eigenvalue weighted by molar-refractivity contribution is 0.0527. The Labute approximate surface area is 124 Å². The van der Waals surface area contributed by atoms with Gasteiger partial charge in [-0.05, 0) is 49.2 Å². The van der Waals surface area contributed by atoms with Crippen LogP contribution in [0.25, 0.3) is 0 Å². The molecule has 110 valence electrons. The van der Waals surface area contributed by atoms with Crippen LogP contribution in [-0.2, 0) is 11.3 Å². The Balaban J connectivity index is 2.12. The van der Waals surface area contributed by atoms with E-state index in [2.05, 4.69) is 10.3 Å². The summed E-state index contributed by atoms with van der Waals surface area (Å²) in [7, 11) is 0. The van der Waals surface area contributed by atoms with Crippen LogP contribution in [-0.4, -0.2) is 17.6 Å².